The highest BCUT2D eigenvalue weighted by molar-refractivity contribution is 6.28. The van der Waals surface area contributed by atoms with Crippen molar-refractivity contribution < 1.29 is 4.39 Å². The van der Waals surface area contributed by atoms with Crippen molar-refractivity contribution >= 4 is 88.1 Å². The number of fused-ring (bicyclic) bond motifs is 2. The first-order valence-electron chi connectivity index (χ1n) is 17.2. The molecular formula is C47H30FN3. The number of para-hydroxylation sites is 2. The molecule has 0 bridgehead atoms. The molecule has 0 aliphatic rings. The summed E-state index contributed by atoms with van der Waals surface area (Å²) >= 11 is 0. The van der Waals surface area contributed by atoms with Crippen molar-refractivity contribution in [3.8, 4) is 0 Å². The van der Waals surface area contributed by atoms with Crippen LogP contribution in [0.25, 0.3) is 53.9 Å². The van der Waals surface area contributed by atoms with Gasteiger partial charge in [0.2, 0.25) is 0 Å². The third-order valence-electron chi connectivity index (χ3n) is 10.0. The number of nitrogens with zero attached hydrogens (tertiary/aromatic N) is 3. The van der Waals surface area contributed by atoms with Crippen molar-refractivity contribution in [2.24, 2.45) is 0 Å². The van der Waals surface area contributed by atoms with Crippen molar-refractivity contribution in [3.05, 3.63) is 188 Å². The molecule has 0 saturated heterocycles. The minimum Gasteiger partial charge on any atom is -0.307 e. The van der Waals surface area contributed by atoms with Gasteiger partial charge >= 0.3 is 0 Å². The summed E-state index contributed by atoms with van der Waals surface area (Å²) in [4.78, 5) is 9.35. The summed E-state index contributed by atoms with van der Waals surface area (Å²) in [5.74, 6) is 0.567. The van der Waals surface area contributed by atoms with Gasteiger partial charge in [-0.1, -0.05) is 121 Å². The molecule has 0 radical (unpaired) electrons. The molecule has 0 N–H and O–H groups in total. The molecule has 0 aliphatic heterocycles. The van der Waals surface area contributed by atoms with E-state index in [1.165, 1.54) is 11.5 Å². The van der Waals surface area contributed by atoms with Gasteiger partial charge in [0.15, 0.2) is 0 Å². The van der Waals surface area contributed by atoms with E-state index in [0.29, 0.717) is 5.69 Å². The standard InChI is InChI=1S/C47H30FN3/c48-41-16-8-9-17-44(41)50(37-14-2-1-3-15-37)42-26-21-32-20-25-40-43(27-22-33-19-24-39(42)46(32)47(33)40)51(38-23-18-31-10-4-5-11-34(31)28-38)45-29-35-12-6-7-13-36(35)30-49-45/h1-30H. The van der Waals surface area contributed by atoms with Crippen LogP contribution in [0, 0.1) is 5.82 Å². The van der Waals surface area contributed by atoms with Crippen molar-refractivity contribution in [2.45, 2.75) is 0 Å². The average molecular weight is 656 g/mol. The van der Waals surface area contributed by atoms with Gasteiger partial charge in [-0.2, -0.15) is 0 Å². The monoisotopic (exact) mass is 655 g/mol. The zero-order chi connectivity index (χ0) is 33.9. The Morgan fingerprint density at radius 2 is 0.922 bits per heavy atom. The quantitative estimate of drug-likeness (QED) is 0.166. The maximum absolute atomic E-state index is 15.6. The van der Waals surface area contributed by atoms with Crippen LogP contribution in [0.5, 0.6) is 0 Å². The fourth-order valence-electron chi connectivity index (χ4n) is 7.68. The molecule has 0 spiro atoms. The summed E-state index contributed by atoms with van der Waals surface area (Å²) < 4.78 is 15.6. The van der Waals surface area contributed by atoms with Crippen molar-refractivity contribution in [2.75, 3.05) is 9.80 Å². The second kappa shape index (κ2) is 11.7. The highest BCUT2D eigenvalue weighted by Crippen LogP contribution is 2.47. The zero-order valence-electron chi connectivity index (χ0n) is 27.5. The Labute approximate surface area is 294 Å². The Balaban J connectivity index is 1.25. The van der Waals surface area contributed by atoms with Crippen LogP contribution in [0.1, 0.15) is 0 Å². The van der Waals surface area contributed by atoms with E-state index in [1.54, 1.807) is 6.07 Å². The lowest BCUT2D eigenvalue weighted by Gasteiger charge is -2.29. The Hall–Kier alpha value is -6.78. The van der Waals surface area contributed by atoms with Gasteiger partial charge in [-0.3, -0.25) is 4.90 Å². The van der Waals surface area contributed by atoms with Gasteiger partial charge < -0.3 is 4.90 Å². The molecule has 0 fully saturated rings. The van der Waals surface area contributed by atoms with Crippen LogP contribution in [-0.2, 0) is 0 Å². The topological polar surface area (TPSA) is 19.4 Å². The van der Waals surface area contributed by atoms with E-state index >= 15 is 4.39 Å². The van der Waals surface area contributed by atoms with E-state index < -0.39 is 0 Å². The van der Waals surface area contributed by atoms with Gasteiger partial charge in [-0.25, -0.2) is 9.37 Å². The van der Waals surface area contributed by atoms with Crippen molar-refractivity contribution in [1.82, 2.24) is 4.98 Å². The van der Waals surface area contributed by atoms with Gasteiger partial charge in [0.25, 0.3) is 0 Å². The summed E-state index contributed by atoms with van der Waals surface area (Å²) in [5, 5.41) is 11.3. The van der Waals surface area contributed by atoms with Gasteiger partial charge in [0, 0.05) is 33.7 Å². The fraction of sp³-hybridized carbons (Fsp3) is 0. The summed E-state index contributed by atoms with van der Waals surface area (Å²) in [5.41, 5.74) is 4.38. The predicted molar refractivity (Wildman–Crippen MR) is 212 cm³/mol. The number of benzene rings is 9. The zero-order valence-corrected chi connectivity index (χ0v) is 27.5. The van der Waals surface area contributed by atoms with Gasteiger partial charge in [0.1, 0.15) is 11.6 Å². The summed E-state index contributed by atoms with van der Waals surface area (Å²) in [6, 6.07) is 60.1. The van der Waals surface area contributed by atoms with Crippen LogP contribution < -0.4 is 9.80 Å². The Morgan fingerprint density at radius 1 is 0.373 bits per heavy atom. The van der Waals surface area contributed by atoms with Crippen LogP contribution in [0.15, 0.2) is 182 Å². The Bertz CT molecular complexity index is 2820. The first-order valence-corrected chi connectivity index (χ1v) is 17.2. The third-order valence-corrected chi connectivity index (χ3v) is 10.0. The van der Waals surface area contributed by atoms with Gasteiger partial charge in [-0.15, -0.1) is 0 Å². The van der Waals surface area contributed by atoms with Gasteiger partial charge in [-0.05, 0) is 92.3 Å². The average Bonchev–Trinajstić information content (AvgIpc) is 3.19. The van der Waals surface area contributed by atoms with E-state index in [4.69, 9.17) is 4.98 Å². The highest BCUT2D eigenvalue weighted by Gasteiger charge is 2.23. The minimum atomic E-state index is -0.275. The molecule has 1 heterocycles. The molecule has 10 rings (SSSR count). The number of pyridine rings is 1. The fourth-order valence-corrected chi connectivity index (χ4v) is 7.68. The summed E-state index contributed by atoms with van der Waals surface area (Å²) in [7, 11) is 0. The summed E-state index contributed by atoms with van der Waals surface area (Å²) in [6.45, 7) is 0. The molecule has 0 atom stereocenters. The molecule has 51 heavy (non-hydrogen) atoms. The van der Waals surface area contributed by atoms with Crippen molar-refractivity contribution in [1.29, 1.82) is 0 Å². The third kappa shape index (κ3) is 4.76. The second-order valence-corrected chi connectivity index (χ2v) is 13.0. The lowest BCUT2D eigenvalue weighted by molar-refractivity contribution is 0.629. The van der Waals surface area contributed by atoms with E-state index in [1.807, 2.05) is 59.6 Å². The largest absolute Gasteiger partial charge is 0.307 e. The maximum Gasteiger partial charge on any atom is 0.147 e. The Kier molecular flexibility index (Phi) is 6.68. The number of halogens is 1. The molecular weight excluding hydrogens is 626 g/mol. The molecule has 0 saturated carbocycles. The maximum atomic E-state index is 15.6. The Morgan fingerprint density at radius 3 is 1.63 bits per heavy atom. The number of hydrogen-bond acceptors (Lipinski definition) is 3. The predicted octanol–water partition coefficient (Wildman–Crippen LogP) is 13.4. The number of anilines is 6. The molecule has 0 unspecified atom stereocenters. The number of hydrogen-bond donors (Lipinski definition) is 0. The normalized spacial score (nSPS) is 11.6. The molecule has 4 heteroatoms. The molecule has 9 aromatic carbocycles. The van der Waals surface area contributed by atoms with E-state index in [2.05, 4.69) is 120 Å². The second-order valence-electron chi connectivity index (χ2n) is 13.0. The smallest absolute Gasteiger partial charge is 0.147 e. The van der Waals surface area contributed by atoms with Crippen molar-refractivity contribution in [3.63, 3.8) is 0 Å². The van der Waals surface area contributed by atoms with Gasteiger partial charge in [0.05, 0.1) is 17.1 Å². The van der Waals surface area contributed by atoms with Crippen LogP contribution in [0.4, 0.5) is 38.6 Å². The SMILES string of the molecule is Fc1ccccc1N(c1ccccc1)c1ccc2ccc3c(N(c4ccc5ccccc5c4)c4cc5ccccc5cn4)ccc4ccc1c2c43. The number of aromatic nitrogens is 1. The first kappa shape index (κ1) is 29.2. The van der Waals surface area contributed by atoms with Crippen LogP contribution in [0.2, 0.25) is 0 Å². The van der Waals surface area contributed by atoms with E-state index in [9.17, 15) is 0 Å². The molecule has 1 aromatic heterocycles. The van der Waals surface area contributed by atoms with Crippen LogP contribution in [0.3, 0.4) is 0 Å². The lowest BCUT2D eigenvalue weighted by atomic mass is 9.91. The molecule has 10 aromatic rings. The minimum absolute atomic E-state index is 0.275. The highest BCUT2D eigenvalue weighted by atomic mass is 19.1. The number of rotatable bonds is 6. The van der Waals surface area contributed by atoms with Crippen LogP contribution >= 0.6 is 0 Å². The first-order chi connectivity index (χ1) is 25.2. The van der Waals surface area contributed by atoms with E-state index in [0.717, 1.165) is 77.0 Å². The van der Waals surface area contributed by atoms with Crippen LogP contribution in [-0.4, -0.2) is 4.98 Å². The lowest BCUT2D eigenvalue weighted by Crippen LogP contribution is -2.13. The van der Waals surface area contributed by atoms with E-state index in [-0.39, 0.29) is 5.82 Å². The molecule has 0 amide bonds. The molecule has 0 aliphatic carbocycles. The molecule has 3 nitrogen and oxygen atoms in total. The molecule has 240 valence electrons. The summed E-state index contributed by atoms with van der Waals surface area (Å²) in [6.07, 6.45) is 1.96.